The summed E-state index contributed by atoms with van der Waals surface area (Å²) in [6.07, 6.45) is 2.56. The van der Waals surface area contributed by atoms with Crippen molar-refractivity contribution in [3.63, 3.8) is 0 Å². The van der Waals surface area contributed by atoms with Crippen LogP contribution in [0, 0.1) is 0 Å². The number of aromatic nitrogens is 3. The van der Waals surface area contributed by atoms with Crippen LogP contribution >= 0.6 is 23.2 Å². The molecule has 0 fully saturated rings. The Hall–Kier alpha value is -1.10. The Morgan fingerprint density at radius 1 is 1.33 bits per heavy atom. The van der Waals surface area contributed by atoms with Crippen LogP contribution < -0.4 is 5.32 Å². The van der Waals surface area contributed by atoms with Gasteiger partial charge < -0.3 is 5.32 Å². The van der Waals surface area contributed by atoms with Crippen LogP contribution in [0.4, 0.5) is 0 Å². The van der Waals surface area contributed by atoms with Gasteiger partial charge in [-0.15, -0.1) is 5.10 Å². The Morgan fingerprint density at radius 3 is 2.67 bits per heavy atom. The highest BCUT2D eigenvalue weighted by Crippen LogP contribution is 2.25. The van der Waals surface area contributed by atoms with E-state index in [9.17, 15) is 0 Å². The number of likely N-dealkylation sites (N-methyl/N-ethyl adjacent to an activating group) is 1. The standard InChI is InChI=1S/C12H14Cl2N4/c1-15-11(12-7-16-17-18(12)2)6-8-3-4-9(13)10(14)5-8/h3-5,7,11,15H,6H2,1-2H3. The second kappa shape index (κ2) is 5.69. The molecule has 0 bridgehead atoms. The fraction of sp³-hybridized carbons (Fsp3) is 0.333. The predicted octanol–water partition coefficient (Wildman–Crippen LogP) is 2.63. The van der Waals surface area contributed by atoms with Crippen molar-refractivity contribution in [2.75, 3.05) is 7.05 Å². The number of rotatable bonds is 4. The van der Waals surface area contributed by atoms with Crippen LogP contribution in [0.5, 0.6) is 0 Å². The summed E-state index contributed by atoms with van der Waals surface area (Å²) < 4.78 is 1.76. The Morgan fingerprint density at radius 2 is 2.11 bits per heavy atom. The van der Waals surface area contributed by atoms with Gasteiger partial charge in [-0.05, 0) is 31.2 Å². The Bertz CT molecular complexity index is 539. The molecule has 4 nitrogen and oxygen atoms in total. The first kappa shape index (κ1) is 13.3. The van der Waals surface area contributed by atoms with Gasteiger partial charge in [0.1, 0.15) is 0 Å². The average molecular weight is 285 g/mol. The van der Waals surface area contributed by atoms with E-state index in [-0.39, 0.29) is 6.04 Å². The minimum Gasteiger partial charge on any atom is -0.311 e. The average Bonchev–Trinajstić information content (AvgIpc) is 2.77. The molecule has 1 unspecified atom stereocenters. The molecule has 0 aliphatic heterocycles. The Balaban J connectivity index is 2.20. The zero-order valence-corrected chi connectivity index (χ0v) is 11.7. The molecule has 0 saturated heterocycles. The molecule has 1 aromatic carbocycles. The van der Waals surface area contributed by atoms with Crippen LogP contribution in [-0.4, -0.2) is 22.0 Å². The van der Waals surface area contributed by atoms with Crippen molar-refractivity contribution in [2.45, 2.75) is 12.5 Å². The number of nitrogens with zero attached hydrogens (tertiary/aromatic N) is 3. The van der Waals surface area contributed by atoms with Gasteiger partial charge in [0.15, 0.2) is 0 Å². The van der Waals surface area contributed by atoms with Gasteiger partial charge >= 0.3 is 0 Å². The molecular weight excluding hydrogens is 271 g/mol. The molecule has 1 N–H and O–H groups in total. The van der Waals surface area contributed by atoms with Crippen LogP contribution in [0.15, 0.2) is 24.4 Å². The lowest BCUT2D eigenvalue weighted by Gasteiger charge is -2.16. The van der Waals surface area contributed by atoms with Gasteiger partial charge in [0.05, 0.1) is 28.0 Å². The first-order chi connectivity index (χ1) is 8.61. The summed E-state index contributed by atoms with van der Waals surface area (Å²) in [5, 5.41) is 12.2. The van der Waals surface area contributed by atoms with E-state index in [4.69, 9.17) is 23.2 Å². The number of hydrogen-bond donors (Lipinski definition) is 1. The summed E-state index contributed by atoms with van der Waals surface area (Å²) in [5.41, 5.74) is 2.15. The van der Waals surface area contributed by atoms with Crippen LogP contribution in [-0.2, 0) is 13.5 Å². The summed E-state index contributed by atoms with van der Waals surface area (Å²) in [7, 11) is 3.79. The second-order valence-electron chi connectivity index (χ2n) is 4.08. The third-order valence-electron chi connectivity index (χ3n) is 2.88. The lowest BCUT2D eigenvalue weighted by atomic mass is 10.0. The molecular formula is C12H14Cl2N4. The van der Waals surface area contributed by atoms with Crippen molar-refractivity contribution >= 4 is 23.2 Å². The normalized spacial score (nSPS) is 12.7. The summed E-state index contributed by atoms with van der Waals surface area (Å²) in [5.74, 6) is 0. The van der Waals surface area contributed by atoms with Crippen molar-refractivity contribution in [1.82, 2.24) is 20.3 Å². The van der Waals surface area contributed by atoms with Gasteiger partial charge in [-0.25, -0.2) is 0 Å². The van der Waals surface area contributed by atoms with Crippen LogP contribution in [0.3, 0.4) is 0 Å². The quantitative estimate of drug-likeness (QED) is 0.939. The molecule has 0 amide bonds. The summed E-state index contributed by atoms with van der Waals surface area (Å²) in [4.78, 5) is 0. The minimum atomic E-state index is 0.141. The van der Waals surface area contributed by atoms with Gasteiger partial charge in [-0.1, -0.05) is 34.5 Å². The first-order valence-corrected chi connectivity index (χ1v) is 6.33. The third-order valence-corrected chi connectivity index (χ3v) is 3.62. The monoisotopic (exact) mass is 284 g/mol. The van der Waals surface area contributed by atoms with Crippen molar-refractivity contribution in [2.24, 2.45) is 7.05 Å². The SMILES string of the molecule is CNC(Cc1ccc(Cl)c(Cl)c1)c1cnnn1C. The number of hydrogen-bond acceptors (Lipinski definition) is 3. The molecule has 0 spiro atoms. The summed E-state index contributed by atoms with van der Waals surface area (Å²) in [6.45, 7) is 0. The lowest BCUT2D eigenvalue weighted by molar-refractivity contribution is 0.534. The highest BCUT2D eigenvalue weighted by Gasteiger charge is 2.14. The lowest BCUT2D eigenvalue weighted by Crippen LogP contribution is -2.21. The predicted molar refractivity (Wildman–Crippen MR) is 73.0 cm³/mol. The van der Waals surface area contributed by atoms with Crippen LogP contribution in [0.25, 0.3) is 0 Å². The third kappa shape index (κ3) is 2.83. The number of nitrogens with one attached hydrogen (secondary N) is 1. The molecule has 0 radical (unpaired) electrons. The maximum absolute atomic E-state index is 6.01. The van der Waals surface area contributed by atoms with Crippen LogP contribution in [0.1, 0.15) is 17.3 Å². The highest BCUT2D eigenvalue weighted by atomic mass is 35.5. The number of halogens is 2. The molecule has 0 aliphatic carbocycles. The van der Waals surface area contributed by atoms with Crippen molar-refractivity contribution in [3.05, 3.63) is 45.7 Å². The van der Waals surface area contributed by atoms with Gasteiger partial charge in [0, 0.05) is 7.05 Å². The van der Waals surface area contributed by atoms with E-state index < -0.39 is 0 Å². The molecule has 18 heavy (non-hydrogen) atoms. The fourth-order valence-electron chi connectivity index (χ4n) is 1.87. The molecule has 6 heteroatoms. The number of aryl methyl sites for hydroxylation is 1. The molecule has 1 atom stereocenters. The van der Waals surface area contributed by atoms with E-state index >= 15 is 0 Å². The smallest absolute Gasteiger partial charge is 0.0756 e. The summed E-state index contributed by atoms with van der Waals surface area (Å²) in [6, 6.07) is 5.82. The van der Waals surface area contributed by atoms with Crippen molar-refractivity contribution in [3.8, 4) is 0 Å². The van der Waals surface area contributed by atoms with E-state index in [1.165, 1.54) is 0 Å². The maximum atomic E-state index is 6.01. The Labute approximate surface area is 116 Å². The molecule has 1 aromatic heterocycles. The molecule has 2 aromatic rings. The van der Waals surface area contributed by atoms with Crippen molar-refractivity contribution < 1.29 is 0 Å². The minimum absolute atomic E-state index is 0.141. The van der Waals surface area contributed by atoms with E-state index in [1.807, 2.05) is 32.3 Å². The second-order valence-corrected chi connectivity index (χ2v) is 4.89. The molecule has 96 valence electrons. The van der Waals surface area contributed by atoms with Gasteiger partial charge in [0.2, 0.25) is 0 Å². The van der Waals surface area contributed by atoms with Gasteiger partial charge in [0.25, 0.3) is 0 Å². The van der Waals surface area contributed by atoms with E-state index in [0.717, 1.165) is 17.7 Å². The maximum Gasteiger partial charge on any atom is 0.0756 e. The topological polar surface area (TPSA) is 42.7 Å². The van der Waals surface area contributed by atoms with E-state index in [2.05, 4.69) is 15.6 Å². The highest BCUT2D eigenvalue weighted by molar-refractivity contribution is 6.42. The molecule has 2 rings (SSSR count). The largest absolute Gasteiger partial charge is 0.311 e. The number of benzene rings is 1. The van der Waals surface area contributed by atoms with E-state index in [0.29, 0.717) is 10.0 Å². The summed E-state index contributed by atoms with van der Waals surface area (Å²) >= 11 is 11.9. The van der Waals surface area contributed by atoms with Gasteiger partial charge in [-0.2, -0.15) is 0 Å². The fourth-order valence-corrected chi connectivity index (χ4v) is 2.19. The molecule has 0 aliphatic rings. The van der Waals surface area contributed by atoms with Gasteiger partial charge in [-0.3, -0.25) is 4.68 Å². The zero-order valence-electron chi connectivity index (χ0n) is 10.2. The molecule has 1 heterocycles. The molecule has 0 saturated carbocycles. The zero-order chi connectivity index (χ0) is 13.1. The van der Waals surface area contributed by atoms with Crippen LogP contribution in [0.2, 0.25) is 10.0 Å². The van der Waals surface area contributed by atoms with E-state index in [1.54, 1.807) is 10.9 Å². The van der Waals surface area contributed by atoms with Crippen molar-refractivity contribution in [1.29, 1.82) is 0 Å². The Kier molecular flexibility index (Phi) is 4.22. The first-order valence-electron chi connectivity index (χ1n) is 5.57.